The first-order valence-electron chi connectivity index (χ1n) is 5.88. The number of hydrogen-bond donors (Lipinski definition) is 1. The largest absolute Gasteiger partial charge is 0.480 e. The van der Waals surface area contributed by atoms with Crippen LogP contribution in [-0.4, -0.2) is 42.1 Å². The van der Waals surface area contributed by atoms with Gasteiger partial charge >= 0.3 is 5.97 Å². The molecule has 17 heavy (non-hydrogen) atoms. The summed E-state index contributed by atoms with van der Waals surface area (Å²) in [7, 11) is -3.46. The average Bonchev–Trinajstić information content (AvgIpc) is 2.90. The van der Waals surface area contributed by atoms with Crippen molar-refractivity contribution < 1.29 is 18.3 Å². The van der Waals surface area contributed by atoms with Crippen molar-refractivity contribution >= 4 is 16.0 Å². The van der Waals surface area contributed by atoms with Gasteiger partial charge in [0.25, 0.3) is 0 Å². The van der Waals surface area contributed by atoms with Gasteiger partial charge in [0, 0.05) is 6.04 Å². The van der Waals surface area contributed by atoms with Crippen LogP contribution in [0.5, 0.6) is 0 Å². The Bertz CT molecular complexity index is 384. The number of rotatable bonds is 7. The van der Waals surface area contributed by atoms with E-state index >= 15 is 0 Å². The Morgan fingerprint density at radius 1 is 1.41 bits per heavy atom. The number of sulfonamides is 1. The van der Waals surface area contributed by atoms with E-state index in [4.69, 9.17) is 5.11 Å². The summed E-state index contributed by atoms with van der Waals surface area (Å²) in [6.45, 7) is 5.01. The maximum Gasteiger partial charge on any atom is 0.318 e. The molecule has 0 unspecified atom stereocenters. The Labute approximate surface area is 103 Å². The highest BCUT2D eigenvalue weighted by atomic mass is 32.2. The number of aliphatic carboxylic acids is 1. The summed E-state index contributed by atoms with van der Waals surface area (Å²) in [4.78, 5) is 10.7. The van der Waals surface area contributed by atoms with Gasteiger partial charge in [-0.1, -0.05) is 6.92 Å². The van der Waals surface area contributed by atoms with E-state index < -0.39 is 22.5 Å². The molecule has 6 heteroatoms. The number of carboxylic acids is 1. The third kappa shape index (κ3) is 4.27. The van der Waals surface area contributed by atoms with Crippen LogP contribution in [0.25, 0.3) is 0 Å². The first-order chi connectivity index (χ1) is 7.66. The number of carbonyl (C=O) groups is 1. The zero-order chi connectivity index (χ0) is 13.3. The number of nitrogens with zero attached hydrogens (tertiary/aromatic N) is 1. The van der Waals surface area contributed by atoms with Gasteiger partial charge in [-0.3, -0.25) is 4.79 Å². The maximum atomic E-state index is 12.0. The van der Waals surface area contributed by atoms with Crippen molar-refractivity contribution in [3.8, 4) is 0 Å². The molecule has 100 valence electrons. The Morgan fingerprint density at radius 3 is 2.29 bits per heavy atom. The second-order valence-electron chi connectivity index (χ2n) is 5.41. The summed E-state index contributed by atoms with van der Waals surface area (Å²) < 4.78 is 25.2. The fraction of sp³-hybridized carbons (Fsp3) is 0.909. The second-order valence-corrected chi connectivity index (χ2v) is 7.45. The third-order valence-electron chi connectivity index (χ3n) is 3.29. The van der Waals surface area contributed by atoms with Gasteiger partial charge in [0.2, 0.25) is 10.0 Å². The summed E-state index contributed by atoms with van der Waals surface area (Å²) in [5, 5.41) is 8.73. The Kier molecular flexibility index (Phi) is 4.19. The first-order valence-corrected chi connectivity index (χ1v) is 7.48. The Morgan fingerprint density at radius 2 is 1.94 bits per heavy atom. The molecule has 0 bridgehead atoms. The number of carboxylic acid groups (broad SMARTS) is 1. The molecule has 0 spiro atoms. The standard InChI is InChI=1S/C11H21NO4S/c1-9(2)12(8-10(13)14)17(15,16)7-6-11(3)4-5-11/h9H,4-8H2,1-3H3,(H,13,14). The van der Waals surface area contributed by atoms with E-state index in [1.54, 1.807) is 13.8 Å². The predicted octanol–water partition coefficient (Wildman–Crippen LogP) is 1.30. The van der Waals surface area contributed by atoms with Crippen molar-refractivity contribution in [1.29, 1.82) is 0 Å². The minimum Gasteiger partial charge on any atom is -0.480 e. The molecule has 0 aromatic carbocycles. The summed E-state index contributed by atoms with van der Waals surface area (Å²) >= 11 is 0. The van der Waals surface area contributed by atoms with E-state index in [2.05, 4.69) is 6.92 Å². The van der Waals surface area contributed by atoms with Gasteiger partial charge in [0.15, 0.2) is 0 Å². The lowest BCUT2D eigenvalue weighted by Gasteiger charge is -2.24. The molecule has 1 fully saturated rings. The normalized spacial score (nSPS) is 18.6. The molecule has 1 rings (SSSR count). The quantitative estimate of drug-likeness (QED) is 0.751. The highest BCUT2D eigenvalue weighted by Crippen LogP contribution is 2.48. The highest BCUT2D eigenvalue weighted by Gasteiger charge is 2.39. The van der Waals surface area contributed by atoms with Crippen LogP contribution >= 0.6 is 0 Å². The van der Waals surface area contributed by atoms with Gasteiger partial charge in [0.05, 0.1) is 5.75 Å². The lowest BCUT2D eigenvalue weighted by molar-refractivity contribution is -0.137. The van der Waals surface area contributed by atoms with Crippen LogP contribution in [0.15, 0.2) is 0 Å². The molecule has 1 N–H and O–H groups in total. The summed E-state index contributed by atoms with van der Waals surface area (Å²) in [6.07, 6.45) is 2.77. The molecule has 0 aromatic rings. The third-order valence-corrected chi connectivity index (χ3v) is 5.28. The minimum atomic E-state index is -3.46. The first kappa shape index (κ1) is 14.4. The molecule has 0 heterocycles. The molecule has 1 aliphatic carbocycles. The summed E-state index contributed by atoms with van der Waals surface area (Å²) in [5.74, 6) is -1.06. The topological polar surface area (TPSA) is 74.7 Å². The van der Waals surface area contributed by atoms with Crippen LogP contribution in [0.2, 0.25) is 0 Å². The molecule has 0 saturated heterocycles. The smallest absolute Gasteiger partial charge is 0.318 e. The zero-order valence-electron chi connectivity index (χ0n) is 10.6. The molecule has 1 saturated carbocycles. The van der Waals surface area contributed by atoms with E-state index in [1.165, 1.54) is 0 Å². The molecule has 0 aromatic heterocycles. The molecule has 0 atom stereocenters. The fourth-order valence-corrected chi connectivity index (χ4v) is 3.63. The fourth-order valence-electron chi connectivity index (χ4n) is 1.69. The van der Waals surface area contributed by atoms with Crippen molar-refractivity contribution in [3.05, 3.63) is 0 Å². The number of hydrogen-bond acceptors (Lipinski definition) is 3. The van der Waals surface area contributed by atoms with Crippen molar-refractivity contribution in [1.82, 2.24) is 4.31 Å². The van der Waals surface area contributed by atoms with Crippen molar-refractivity contribution in [3.63, 3.8) is 0 Å². The van der Waals surface area contributed by atoms with Crippen LogP contribution in [0.4, 0.5) is 0 Å². The van der Waals surface area contributed by atoms with Gasteiger partial charge in [0.1, 0.15) is 6.54 Å². The molecule has 1 aliphatic rings. The lowest BCUT2D eigenvalue weighted by Crippen LogP contribution is -2.42. The van der Waals surface area contributed by atoms with Crippen LogP contribution in [-0.2, 0) is 14.8 Å². The molecular weight excluding hydrogens is 242 g/mol. The SMILES string of the molecule is CC(C)N(CC(=O)O)S(=O)(=O)CCC1(C)CC1. The zero-order valence-corrected chi connectivity index (χ0v) is 11.5. The molecule has 0 amide bonds. The van der Waals surface area contributed by atoms with E-state index in [0.29, 0.717) is 6.42 Å². The van der Waals surface area contributed by atoms with Gasteiger partial charge in [-0.15, -0.1) is 0 Å². The van der Waals surface area contributed by atoms with Crippen molar-refractivity contribution in [2.24, 2.45) is 5.41 Å². The molecule has 5 nitrogen and oxygen atoms in total. The van der Waals surface area contributed by atoms with Crippen LogP contribution < -0.4 is 0 Å². The van der Waals surface area contributed by atoms with E-state index in [1.807, 2.05) is 0 Å². The summed E-state index contributed by atoms with van der Waals surface area (Å²) in [5.41, 5.74) is 0.166. The minimum absolute atomic E-state index is 0.0506. The van der Waals surface area contributed by atoms with Gasteiger partial charge in [-0.05, 0) is 38.5 Å². The highest BCUT2D eigenvalue weighted by molar-refractivity contribution is 7.89. The van der Waals surface area contributed by atoms with Gasteiger partial charge in [-0.2, -0.15) is 4.31 Å². The predicted molar refractivity (Wildman–Crippen MR) is 65.2 cm³/mol. The van der Waals surface area contributed by atoms with E-state index in [-0.39, 0.29) is 17.2 Å². The van der Waals surface area contributed by atoms with Crippen LogP contribution in [0, 0.1) is 5.41 Å². The molecular formula is C11H21NO4S. The second kappa shape index (κ2) is 4.94. The molecule has 0 radical (unpaired) electrons. The van der Waals surface area contributed by atoms with Crippen LogP contribution in [0.3, 0.4) is 0 Å². The molecule has 0 aliphatic heterocycles. The van der Waals surface area contributed by atoms with Crippen molar-refractivity contribution in [2.45, 2.75) is 46.1 Å². The average molecular weight is 263 g/mol. The maximum absolute atomic E-state index is 12.0. The Balaban J connectivity index is 2.66. The summed E-state index contributed by atoms with van der Waals surface area (Å²) in [6, 6.07) is -0.317. The van der Waals surface area contributed by atoms with Crippen molar-refractivity contribution in [2.75, 3.05) is 12.3 Å². The van der Waals surface area contributed by atoms with Gasteiger partial charge in [-0.25, -0.2) is 8.42 Å². The monoisotopic (exact) mass is 263 g/mol. The lowest BCUT2D eigenvalue weighted by atomic mass is 10.1. The van der Waals surface area contributed by atoms with E-state index in [9.17, 15) is 13.2 Å². The van der Waals surface area contributed by atoms with Gasteiger partial charge < -0.3 is 5.11 Å². The van der Waals surface area contributed by atoms with Crippen LogP contribution in [0.1, 0.15) is 40.0 Å². The Hall–Kier alpha value is -0.620. The van der Waals surface area contributed by atoms with E-state index in [0.717, 1.165) is 17.1 Å².